The molecule has 0 aromatic heterocycles. The topological polar surface area (TPSA) is 64.7 Å². The molecule has 15 heavy (non-hydrogen) atoms. The van der Waals surface area contributed by atoms with Crippen LogP contribution in [0.25, 0.3) is 0 Å². The molecule has 1 rings (SSSR count). The van der Waals surface area contributed by atoms with Crippen LogP contribution in [-0.2, 0) is 5.60 Å². The van der Waals surface area contributed by atoms with E-state index in [4.69, 9.17) is 15.2 Å². The predicted molar refractivity (Wildman–Crippen MR) is 58.2 cm³/mol. The van der Waals surface area contributed by atoms with Crippen LogP contribution in [0.3, 0.4) is 0 Å². The van der Waals surface area contributed by atoms with Crippen LogP contribution in [0, 0.1) is 0 Å². The first-order valence-corrected chi connectivity index (χ1v) is 4.70. The second kappa shape index (κ2) is 4.51. The highest BCUT2D eigenvalue weighted by molar-refractivity contribution is 5.43. The molecule has 1 aromatic carbocycles. The molecule has 4 heteroatoms. The molecule has 0 spiro atoms. The molecule has 0 heterocycles. The molecule has 0 bridgehead atoms. The molecule has 0 aliphatic rings. The van der Waals surface area contributed by atoms with Crippen molar-refractivity contribution >= 4 is 0 Å². The van der Waals surface area contributed by atoms with Crippen LogP contribution in [0.2, 0.25) is 0 Å². The van der Waals surface area contributed by atoms with Crippen molar-refractivity contribution in [2.75, 3.05) is 20.8 Å². The number of benzene rings is 1. The Morgan fingerprint density at radius 1 is 1.33 bits per heavy atom. The third-order valence-corrected chi connectivity index (χ3v) is 2.39. The van der Waals surface area contributed by atoms with Gasteiger partial charge in [0.05, 0.1) is 14.2 Å². The quantitative estimate of drug-likeness (QED) is 0.775. The number of ether oxygens (including phenoxy) is 2. The molecular formula is C11H17NO3. The van der Waals surface area contributed by atoms with Crippen molar-refractivity contribution in [3.8, 4) is 11.5 Å². The van der Waals surface area contributed by atoms with Crippen molar-refractivity contribution in [2.24, 2.45) is 5.73 Å². The van der Waals surface area contributed by atoms with Crippen LogP contribution in [0.5, 0.6) is 11.5 Å². The standard InChI is InChI=1S/C11H17NO3/c1-11(13,7-12)9-5-4-8(14-2)6-10(9)15-3/h4-6,13H,7,12H2,1-3H3/t11-/m1/s1. The minimum atomic E-state index is -1.09. The number of hydrogen-bond donors (Lipinski definition) is 2. The summed E-state index contributed by atoms with van der Waals surface area (Å²) in [7, 11) is 3.13. The first-order valence-electron chi connectivity index (χ1n) is 4.70. The lowest BCUT2D eigenvalue weighted by molar-refractivity contribution is 0.0640. The molecule has 0 aliphatic heterocycles. The van der Waals surface area contributed by atoms with Crippen LogP contribution >= 0.6 is 0 Å². The highest BCUT2D eigenvalue weighted by Crippen LogP contribution is 2.32. The van der Waals surface area contributed by atoms with Gasteiger partial charge in [0.1, 0.15) is 17.1 Å². The SMILES string of the molecule is COc1ccc([C@](C)(O)CN)c(OC)c1. The van der Waals surface area contributed by atoms with Crippen LogP contribution < -0.4 is 15.2 Å². The van der Waals surface area contributed by atoms with Gasteiger partial charge in [-0.25, -0.2) is 0 Å². The third-order valence-electron chi connectivity index (χ3n) is 2.39. The number of aliphatic hydroxyl groups is 1. The van der Waals surface area contributed by atoms with Crippen LogP contribution in [0.4, 0.5) is 0 Å². The lowest BCUT2D eigenvalue weighted by Gasteiger charge is -2.24. The Morgan fingerprint density at radius 2 is 2.00 bits per heavy atom. The Kier molecular flexibility index (Phi) is 3.55. The lowest BCUT2D eigenvalue weighted by atomic mass is 9.95. The summed E-state index contributed by atoms with van der Waals surface area (Å²) >= 11 is 0. The molecule has 1 atom stereocenters. The van der Waals surface area contributed by atoms with Crippen molar-refractivity contribution in [2.45, 2.75) is 12.5 Å². The summed E-state index contributed by atoms with van der Waals surface area (Å²) in [6, 6.07) is 5.24. The number of methoxy groups -OCH3 is 2. The Hall–Kier alpha value is -1.26. The third kappa shape index (κ3) is 2.40. The Morgan fingerprint density at radius 3 is 2.47 bits per heavy atom. The van der Waals surface area contributed by atoms with Crippen molar-refractivity contribution in [1.82, 2.24) is 0 Å². The van der Waals surface area contributed by atoms with Gasteiger partial charge in [-0.15, -0.1) is 0 Å². The minimum Gasteiger partial charge on any atom is -0.497 e. The van der Waals surface area contributed by atoms with Gasteiger partial charge >= 0.3 is 0 Å². The van der Waals surface area contributed by atoms with E-state index in [1.165, 1.54) is 0 Å². The predicted octanol–water partition coefficient (Wildman–Crippen LogP) is 0.870. The highest BCUT2D eigenvalue weighted by Gasteiger charge is 2.25. The van der Waals surface area contributed by atoms with Gasteiger partial charge in [-0.3, -0.25) is 0 Å². The van der Waals surface area contributed by atoms with Gasteiger partial charge < -0.3 is 20.3 Å². The average Bonchev–Trinajstić information content (AvgIpc) is 2.28. The molecule has 3 N–H and O–H groups in total. The summed E-state index contributed by atoms with van der Waals surface area (Å²) in [4.78, 5) is 0. The van der Waals surface area contributed by atoms with E-state index in [-0.39, 0.29) is 6.54 Å². The summed E-state index contributed by atoms with van der Waals surface area (Å²) in [5, 5.41) is 10.0. The van der Waals surface area contributed by atoms with E-state index in [2.05, 4.69) is 0 Å². The zero-order valence-electron chi connectivity index (χ0n) is 9.28. The fourth-order valence-electron chi connectivity index (χ4n) is 1.35. The molecule has 0 amide bonds. The fraction of sp³-hybridized carbons (Fsp3) is 0.455. The summed E-state index contributed by atoms with van der Waals surface area (Å²) in [6.45, 7) is 1.78. The van der Waals surface area contributed by atoms with E-state index in [9.17, 15) is 5.11 Å². The molecule has 0 fully saturated rings. The molecule has 0 saturated carbocycles. The maximum Gasteiger partial charge on any atom is 0.128 e. The Bertz CT molecular complexity index is 337. The van der Waals surface area contributed by atoms with Crippen molar-refractivity contribution in [3.05, 3.63) is 23.8 Å². The maximum absolute atomic E-state index is 10.0. The van der Waals surface area contributed by atoms with Gasteiger partial charge in [-0.2, -0.15) is 0 Å². The molecule has 0 saturated heterocycles. The summed E-state index contributed by atoms with van der Waals surface area (Å²) in [5.74, 6) is 1.26. The van der Waals surface area contributed by atoms with Crippen LogP contribution in [-0.4, -0.2) is 25.9 Å². The van der Waals surface area contributed by atoms with Crippen molar-refractivity contribution in [3.63, 3.8) is 0 Å². The van der Waals surface area contributed by atoms with Crippen LogP contribution in [0.1, 0.15) is 12.5 Å². The molecule has 0 unspecified atom stereocenters. The van der Waals surface area contributed by atoms with Crippen LogP contribution in [0.15, 0.2) is 18.2 Å². The van der Waals surface area contributed by atoms with Crippen molar-refractivity contribution in [1.29, 1.82) is 0 Å². The van der Waals surface area contributed by atoms with E-state index in [1.807, 2.05) is 0 Å². The molecular weight excluding hydrogens is 194 g/mol. The summed E-state index contributed by atoms with van der Waals surface area (Å²) in [6.07, 6.45) is 0. The minimum absolute atomic E-state index is 0.135. The first-order chi connectivity index (χ1) is 7.05. The molecule has 84 valence electrons. The smallest absolute Gasteiger partial charge is 0.128 e. The largest absolute Gasteiger partial charge is 0.497 e. The normalized spacial score (nSPS) is 14.5. The first kappa shape index (κ1) is 11.8. The monoisotopic (exact) mass is 211 g/mol. The second-order valence-electron chi connectivity index (χ2n) is 3.54. The van der Waals surface area contributed by atoms with Gasteiger partial charge in [0.25, 0.3) is 0 Å². The van der Waals surface area contributed by atoms with Gasteiger partial charge in [0.15, 0.2) is 0 Å². The molecule has 0 radical (unpaired) electrons. The Balaban J connectivity index is 3.18. The van der Waals surface area contributed by atoms with Gasteiger partial charge in [-0.1, -0.05) is 0 Å². The molecule has 0 aliphatic carbocycles. The average molecular weight is 211 g/mol. The fourth-order valence-corrected chi connectivity index (χ4v) is 1.35. The Labute approximate surface area is 89.6 Å². The summed E-state index contributed by atoms with van der Waals surface area (Å²) in [5.41, 5.74) is 5.07. The zero-order valence-corrected chi connectivity index (χ0v) is 9.28. The van der Waals surface area contributed by atoms with Gasteiger partial charge in [0.2, 0.25) is 0 Å². The van der Waals surface area contributed by atoms with Crippen molar-refractivity contribution < 1.29 is 14.6 Å². The van der Waals surface area contributed by atoms with E-state index in [0.717, 1.165) is 0 Å². The molecule has 1 aromatic rings. The highest BCUT2D eigenvalue weighted by atomic mass is 16.5. The number of rotatable bonds is 4. The number of nitrogens with two attached hydrogens (primary N) is 1. The van der Waals surface area contributed by atoms with E-state index < -0.39 is 5.60 Å². The number of hydrogen-bond acceptors (Lipinski definition) is 4. The second-order valence-corrected chi connectivity index (χ2v) is 3.54. The molecule has 4 nitrogen and oxygen atoms in total. The van der Waals surface area contributed by atoms with E-state index in [0.29, 0.717) is 17.1 Å². The zero-order chi connectivity index (χ0) is 11.5. The lowest BCUT2D eigenvalue weighted by Crippen LogP contribution is -2.31. The maximum atomic E-state index is 10.0. The van der Waals surface area contributed by atoms with E-state index in [1.54, 1.807) is 39.3 Å². The van der Waals surface area contributed by atoms with E-state index >= 15 is 0 Å². The summed E-state index contributed by atoms with van der Waals surface area (Å²) < 4.78 is 10.2. The van der Waals surface area contributed by atoms with Gasteiger partial charge in [0, 0.05) is 18.2 Å². The van der Waals surface area contributed by atoms with Gasteiger partial charge in [-0.05, 0) is 19.1 Å².